The second kappa shape index (κ2) is 5.25. The van der Waals surface area contributed by atoms with Crippen LogP contribution in [0.15, 0.2) is 48.3 Å². The standard InChI is InChI=1S/C14H14N2O/c1-12(11-17)7-14-8-15-16(10-14)9-13-5-3-2-4-6-13/h2-8,10-11H,9H2,1H3/b12-7-. The van der Waals surface area contributed by atoms with Crippen molar-refractivity contribution in [3.8, 4) is 0 Å². The predicted molar refractivity (Wildman–Crippen MR) is 67.5 cm³/mol. The van der Waals surface area contributed by atoms with Gasteiger partial charge in [-0.2, -0.15) is 5.10 Å². The van der Waals surface area contributed by atoms with Gasteiger partial charge in [-0.05, 0) is 24.1 Å². The lowest BCUT2D eigenvalue weighted by Gasteiger charge is -2.00. The molecule has 0 N–H and O–H groups in total. The Bertz CT molecular complexity index is 526. The molecular weight excluding hydrogens is 212 g/mol. The van der Waals surface area contributed by atoms with E-state index in [0.29, 0.717) is 5.57 Å². The summed E-state index contributed by atoms with van der Waals surface area (Å²) < 4.78 is 1.86. The number of aldehydes is 1. The Morgan fingerprint density at radius 3 is 2.82 bits per heavy atom. The van der Waals surface area contributed by atoms with Crippen molar-refractivity contribution in [2.24, 2.45) is 0 Å². The van der Waals surface area contributed by atoms with Gasteiger partial charge in [-0.1, -0.05) is 30.3 Å². The number of benzene rings is 1. The molecule has 1 heterocycles. The summed E-state index contributed by atoms with van der Waals surface area (Å²) in [5, 5.41) is 4.25. The van der Waals surface area contributed by atoms with Crippen LogP contribution < -0.4 is 0 Å². The van der Waals surface area contributed by atoms with E-state index < -0.39 is 0 Å². The van der Waals surface area contributed by atoms with E-state index in [0.717, 1.165) is 18.4 Å². The number of hydrogen-bond donors (Lipinski definition) is 0. The zero-order chi connectivity index (χ0) is 12.1. The summed E-state index contributed by atoms with van der Waals surface area (Å²) in [4.78, 5) is 10.5. The van der Waals surface area contributed by atoms with Crippen LogP contribution in [0.4, 0.5) is 0 Å². The van der Waals surface area contributed by atoms with Crippen LogP contribution in [-0.2, 0) is 11.3 Å². The van der Waals surface area contributed by atoms with Crippen molar-refractivity contribution in [3.63, 3.8) is 0 Å². The molecule has 0 aliphatic carbocycles. The fraction of sp³-hybridized carbons (Fsp3) is 0.143. The molecule has 0 aliphatic rings. The van der Waals surface area contributed by atoms with Crippen LogP contribution >= 0.6 is 0 Å². The van der Waals surface area contributed by atoms with E-state index in [1.165, 1.54) is 5.56 Å². The van der Waals surface area contributed by atoms with E-state index in [1.54, 1.807) is 13.1 Å². The van der Waals surface area contributed by atoms with Gasteiger partial charge in [0.15, 0.2) is 0 Å². The van der Waals surface area contributed by atoms with Crippen molar-refractivity contribution >= 4 is 12.4 Å². The van der Waals surface area contributed by atoms with Crippen LogP contribution in [0.2, 0.25) is 0 Å². The Kier molecular flexibility index (Phi) is 3.50. The summed E-state index contributed by atoms with van der Waals surface area (Å²) in [7, 11) is 0. The number of aromatic nitrogens is 2. The Morgan fingerprint density at radius 1 is 1.35 bits per heavy atom. The van der Waals surface area contributed by atoms with Gasteiger partial charge in [-0.15, -0.1) is 0 Å². The van der Waals surface area contributed by atoms with Gasteiger partial charge in [0.2, 0.25) is 0 Å². The number of allylic oxidation sites excluding steroid dienone is 1. The van der Waals surface area contributed by atoms with E-state index in [9.17, 15) is 4.79 Å². The maximum Gasteiger partial charge on any atom is 0.145 e. The third kappa shape index (κ3) is 3.14. The van der Waals surface area contributed by atoms with E-state index in [1.807, 2.05) is 35.2 Å². The molecule has 0 atom stereocenters. The normalized spacial score (nSPS) is 11.5. The van der Waals surface area contributed by atoms with Crippen molar-refractivity contribution in [1.82, 2.24) is 9.78 Å². The number of carbonyl (C=O) groups is 1. The average Bonchev–Trinajstić information content (AvgIpc) is 2.77. The quantitative estimate of drug-likeness (QED) is 0.593. The smallest absolute Gasteiger partial charge is 0.145 e. The van der Waals surface area contributed by atoms with E-state index >= 15 is 0 Å². The molecule has 0 saturated carbocycles. The molecule has 0 unspecified atom stereocenters. The molecule has 0 spiro atoms. The molecule has 86 valence electrons. The van der Waals surface area contributed by atoms with E-state index in [-0.39, 0.29) is 0 Å². The van der Waals surface area contributed by atoms with Crippen LogP contribution in [-0.4, -0.2) is 16.1 Å². The summed E-state index contributed by atoms with van der Waals surface area (Å²) in [6.07, 6.45) is 6.35. The first-order valence-electron chi connectivity index (χ1n) is 5.48. The van der Waals surface area contributed by atoms with Gasteiger partial charge >= 0.3 is 0 Å². The minimum Gasteiger partial charge on any atom is -0.298 e. The van der Waals surface area contributed by atoms with Crippen molar-refractivity contribution in [3.05, 3.63) is 59.4 Å². The Balaban J connectivity index is 2.12. The van der Waals surface area contributed by atoms with E-state index in [2.05, 4.69) is 17.2 Å². The van der Waals surface area contributed by atoms with Crippen LogP contribution in [0.5, 0.6) is 0 Å². The molecular formula is C14H14N2O. The van der Waals surface area contributed by atoms with Gasteiger partial charge in [-0.3, -0.25) is 9.48 Å². The Hall–Kier alpha value is -2.16. The van der Waals surface area contributed by atoms with Gasteiger partial charge in [-0.25, -0.2) is 0 Å². The third-order valence-corrected chi connectivity index (χ3v) is 2.42. The van der Waals surface area contributed by atoms with Gasteiger partial charge in [0.25, 0.3) is 0 Å². The highest BCUT2D eigenvalue weighted by Gasteiger charge is 1.97. The first-order chi connectivity index (χ1) is 8.28. The molecule has 2 rings (SSSR count). The summed E-state index contributed by atoms with van der Waals surface area (Å²) >= 11 is 0. The maximum atomic E-state index is 10.5. The molecule has 1 aromatic carbocycles. The second-order valence-electron chi connectivity index (χ2n) is 3.96. The molecule has 17 heavy (non-hydrogen) atoms. The van der Waals surface area contributed by atoms with Crippen molar-refractivity contribution < 1.29 is 4.79 Å². The molecule has 2 aromatic rings. The molecule has 1 aromatic heterocycles. The first-order valence-corrected chi connectivity index (χ1v) is 5.48. The van der Waals surface area contributed by atoms with Crippen molar-refractivity contribution in [2.75, 3.05) is 0 Å². The zero-order valence-electron chi connectivity index (χ0n) is 9.71. The number of rotatable bonds is 4. The Morgan fingerprint density at radius 2 is 2.12 bits per heavy atom. The number of carbonyl (C=O) groups excluding carboxylic acids is 1. The number of hydrogen-bond acceptors (Lipinski definition) is 2. The molecule has 0 aliphatic heterocycles. The third-order valence-electron chi connectivity index (χ3n) is 2.42. The fourth-order valence-electron chi connectivity index (χ4n) is 1.61. The van der Waals surface area contributed by atoms with Gasteiger partial charge in [0, 0.05) is 11.8 Å². The average molecular weight is 226 g/mol. The summed E-state index contributed by atoms with van der Waals surface area (Å²) in [6.45, 7) is 2.52. The lowest BCUT2D eigenvalue weighted by atomic mass is 10.2. The van der Waals surface area contributed by atoms with Crippen LogP contribution in [0.1, 0.15) is 18.1 Å². The minimum atomic E-state index is 0.698. The van der Waals surface area contributed by atoms with E-state index in [4.69, 9.17) is 0 Å². The highest BCUT2D eigenvalue weighted by Crippen LogP contribution is 2.06. The summed E-state index contributed by atoms with van der Waals surface area (Å²) in [5.41, 5.74) is 2.85. The van der Waals surface area contributed by atoms with Gasteiger partial charge < -0.3 is 0 Å². The predicted octanol–water partition coefficient (Wildman–Crippen LogP) is 2.53. The number of nitrogens with zero attached hydrogens (tertiary/aromatic N) is 2. The first kappa shape index (κ1) is 11.3. The monoisotopic (exact) mass is 226 g/mol. The highest BCUT2D eigenvalue weighted by molar-refractivity contribution is 5.80. The molecule has 3 heteroatoms. The van der Waals surface area contributed by atoms with Gasteiger partial charge in [0.05, 0.1) is 12.7 Å². The molecule has 0 bridgehead atoms. The van der Waals surface area contributed by atoms with Crippen molar-refractivity contribution in [1.29, 1.82) is 0 Å². The fourth-order valence-corrected chi connectivity index (χ4v) is 1.61. The molecule has 3 nitrogen and oxygen atoms in total. The lowest BCUT2D eigenvalue weighted by molar-refractivity contribution is -0.104. The van der Waals surface area contributed by atoms with Crippen LogP contribution in [0, 0.1) is 0 Å². The van der Waals surface area contributed by atoms with Crippen molar-refractivity contribution in [2.45, 2.75) is 13.5 Å². The van der Waals surface area contributed by atoms with Crippen LogP contribution in [0.25, 0.3) is 6.08 Å². The summed E-state index contributed by atoms with van der Waals surface area (Å²) in [6, 6.07) is 10.1. The zero-order valence-corrected chi connectivity index (χ0v) is 9.71. The van der Waals surface area contributed by atoms with Gasteiger partial charge in [0.1, 0.15) is 6.29 Å². The largest absolute Gasteiger partial charge is 0.298 e. The Labute approximate surface area is 100 Å². The van der Waals surface area contributed by atoms with Crippen LogP contribution in [0.3, 0.4) is 0 Å². The molecule has 0 amide bonds. The lowest BCUT2D eigenvalue weighted by Crippen LogP contribution is -1.99. The second-order valence-corrected chi connectivity index (χ2v) is 3.96. The highest BCUT2D eigenvalue weighted by atomic mass is 16.1. The maximum absolute atomic E-state index is 10.5. The summed E-state index contributed by atoms with van der Waals surface area (Å²) in [5.74, 6) is 0. The SMILES string of the molecule is C/C(C=O)=C/c1cnn(Cc2ccccc2)c1. The molecule has 0 saturated heterocycles. The minimum absolute atomic E-state index is 0.698. The molecule has 0 fully saturated rings. The topological polar surface area (TPSA) is 34.9 Å². The molecule has 0 radical (unpaired) electrons.